The Morgan fingerprint density at radius 1 is 1.03 bits per heavy atom. The van der Waals surface area contributed by atoms with Gasteiger partial charge in [-0.1, -0.05) is 25.8 Å². The van der Waals surface area contributed by atoms with E-state index in [9.17, 15) is 14.4 Å². The van der Waals surface area contributed by atoms with Gasteiger partial charge in [-0.25, -0.2) is 0 Å². The van der Waals surface area contributed by atoms with Crippen molar-refractivity contribution in [1.82, 2.24) is 25.0 Å². The maximum absolute atomic E-state index is 13.6. The lowest BCUT2D eigenvalue weighted by Crippen LogP contribution is -2.58. The molecule has 1 aromatic heterocycles. The second kappa shape index (κ2) is 11.1. The van der Waals surface area contributed by atoms with E-state index in [4.69, 9.17) is 4.74 Å². The van der Waals surface area contributed by atoms with Crippen LogP contribution in [0.2, 0.25) is 0 Å². The van der Waals surface area contributed by atoms with Gasteiger partial charge in [0.05, 0.1) is 18.3 Å². The minimum Gasteiger partial charge on any atom is -0.497 e. The molecule has 2 fully saturated rings. The lowest BCUT2D eigenvalue weighted by atomic mass is 9.83. The number of aromatic nitrogens is 1. The molecule has 9 heteroatoms. The molecule has 36 heavy (non-hydrogen) atoms. The molecule has 1 aromatic carbocycles. The summed E-state index contributed by atoms with van der Waals surface area (Å²) in [5.41, 5.74) is 1.78. The van der Waals surface area contributed by atoms with Gasteiger partial charge in [0.25, 0.3) is 11.8 Å². The monoisotopic (exact) mass is 495 g/mol. The zero-order valence-corrected chi connectivity index (χ0v) is 21.5. The summed E-state index contributed by atoms with van der Waals surface area (Å²) in [5, 5.41) is 6.68. The van der Waals surface area contributed by atoms with E-state index in [1.165, 1.54) is 0 Å². The van der Waals surface area contributed by atoms with Gasteiger partial charge in [-0.15, -0.1) is 0 Å². The van der Waals surface area contributed by atoms with Crippen LogP contribution in [0, 0.1) is 5.92 Å². The lowest BCUT2D eigenvalue weighted by Gasteiger charge is -2.39. The number of methoxy groups -OCH3 is 1. The van der Waals surface area contributed by atoms with Crippen LogP contribution in [0.15, 0.2) is 36.5 Å². The van der Waals surface area contributed by atoms with Gasteiger partial charge in [-0.05, 0) is 37.0 Å². The third kappa shape index (κ3) is 5.20. The van der Waals surface area contributed by atoms with E-state index in [2.05, 4.69) is 17.2 Å². The minimum absolute atomic E-state index is 0.0535. The number of amides is 3. The zero-order valence-electron chi connectivity index (χ0n) is 21.5. The molecule has 3 amide bonds. The number of hydrogen-bond acceptors (Lipinski definition) is 5. The number of likely N-dealkylation sites (N-methyl/N-ethyl adjacent to an activating group) is 1. The van der Waals surface area contributed by atoms with E-state index in [1.54, 1.807) is 24.0 Å². The number of nitrogens with zero attached hydrogens (tertiary/aromatic N) is 3. The Kier molecular flexibility index (Phi) is 7.86. The van der Waals surface area contributed by atoms with E-state index in [0.717, 1.165) is 48.8 Å². The summed E-state index contributed by atoms with van der Waals surface area (Å²) in [7, 11) is 5.14. The van der Waals surface area contributed by atoms with Crippen molar-refractivity contribution in [2.75, 3.05) is 40.3 Å². The van der Waals surface area contributed by atoms with Crippen molar-refractivity contribution >= 4 is 28.6 Å². The summed E-state index contributed by atoms with van der Waals surface area (Å²) < 4.78 is 7.21. The van der Waals surface area contributed by atoms with Crippen molar-refractivity contribution in [2.24, 2.45) is 13.0 Å². The Hall–Kier alpha value is -3.49. The molecule has 2 aromatic rings. The number of aryl methyl sites for hydroxylation is 1. The SMILES string of the molecule is C=C(NC)C(=O)N[C@H](C(=O)N1CCN(C(=O)c2cc3ccc(OC)cc3n2C)CC1)C1CCCCC1. The Morgan fingerprint density at radius 2 is 1.69 bits per heavy atom. The van der Waals surface area contributed by atoms with Crippen LogP contribution in [-0.4, -0.2) is 78.5 Å². The van der Waals surface area contributed by atoms with Gasteiger partial charge in [0.1, 0.15) is 17.5 Å². The fraction of sp³-hybridized carbons (Fsp3) is 0.519. The molecule has 1 aliphatic heterocycles. The number of rotatable bonds is 7. The van der Waals surface area contributed by atoms with Gasteiger partial charge in [0, 0.05) is 51.7 Å². The number of fused-ring (bicyclic) bond motifs is 1. The van der Waals surface area contributed by atoms with E-state index in [0.29, 0.717) is 31.9 Å². The molecular weight excluding hydrogens is 458 g/mol. The fourth-order valence-corrected chi connectivity index (χ4v) is 5.32. The van der Waals surface area contributed by atoms with Crippen molar-refractivity contribution in [2.45, 2.75) is 38.1 Å². The fourth-order valence-electron chi connectivity index (χ4n) is 5.32. The maximum Gasteiger partial charge on any atom is 0.270 e. The summed E-state index contributed by atoms with van der Waals surface area (Å²) in [6.07, 6.45) is 5.14. The second-order valence-corrected chi connectivity index (χ2v) is 9.71. The summed E-state index contributed by atoms with van der Waals surface area (Å²) in [6.45, 7) is 5.51. The highest BCUT2D eigenvalue weighted by Gasteiger charge is 2.36. The molecule has 1 saturated carbocycles. The van der Waals surface area contributed by atoms with Crippen molar-refractivity contribution in [3.8, 4) is 5.75 Å². The van der Waals surface area contributed by atoms with Crippen LogP contribution in [0.25, 0.3) is 10.9 Å². The highest BCUT2D eigenvalue weighted by Crippen LogP contribution is 2.28. The Labute approximate surface area is 212 Å². The molecule has 194 valence electrons. The summed E-state index contributed by atoms with van der Waals surface area (Å²) in [6, 6.07) is 7.08. The van der Waals surface area contributed by atoms with Gasteiger partial charge in [0.15, 0.2) is 0 Å². The molecule has 1 saturated heterocycles. The summed E-state index contributed by atoms with van der Waals surface area (Å²) >= 11 is 0. The van der Waals surface area contributed by atoms with E-state index >= 15 is 0 Å². The predicted molar refractivity (Wildman–Crippen MR) is 139 cm³/mol. The average Bonchev–Trinajstić information content (AvgIpc) is 3.26. The molecule has 2 heterocycles. The highest BCUT2D eigenvalue weighted by molar-refractivity contribution is 5.99. The highest BCUT2D eigenvalue weighted by atomic mass is 16.5. The number of hydrogen-bond donors (Lipinski definition) is 2. The number of piperazine rings is 1. The van der Waals surface area contributed by atoms with Crippen LogP contribution < -0.4 is 15.4 Å². The molecule has 4 rings (SSSR count). The smallest absolute Gasteiger partial charge is 0.270 e. The number of carbonyl (C=O) groups excluding carboxylic acids is 3. The molecule has 0 unspecified atom stereocenters. The standard InChI is InChI=1S/C27H37N5O4/c1-18(28-2)25(33)29-24(19-8-6-5-7-9-19)27(35)32-14-12-31(13-15-32)26(34)23-16-20-10-11-21(36-4)17-22(20)30(23)3/h10-11,16-17,19,24,28H,1,5-9,12-15H2,2-4H3,(H,29,33)/t24-/m0/s1. The first kappa shape index (κ1) is 25.6. The normalized spacial score (nSPS) is 17.5. The third-order valence-corrected chi connectivity index (χ3v) is 7.60. The molecule has 1 atom stereocenters. The van der Waals surface area contributed by atoms with Crippen molar-refractivity contribution in [3.63, 3.8) is 0 Å². The Morgan fingerprint density at radius 3 is 2.33 bits per heavy atom. The van der Waals surface area contributed by atoms with Gasteiger partial charge in [-0.2, -0.15) is 0 Å². The van der Waals surface area contributed by atoms with Crippen LogP contribution in [0.5, 0.6) is 5.75 Å². The number of carbonyl (C=O) groups is 3. The van der Waals surface area contributed by atoms with Crippen molar-refractivity contribution in [3.05, 3.63) is 42.2 Å². The molecule has 0 spiro atoms. The van der Waals surface area contributed by atoms with Crippen LogP contribution >= 0.6 is 0 Å². The van der Waals surface area contributed by atoms with Gasteiger partial charge < -0.3 is 29.7 Å². The first-order valence-electron chi connectivity index (χ1n) is 12.7. The van der Waals surface area contributed by atoms with Crippen LogP contribution in [0.1, 0.15) is 42.6 Å². The first-order valence-corrected chi connectivity index (χ1v) is 12.7. The summed E-state index contributed by atoms with van der Waals surface area (Å²) in [4.78, 5) is 43.1. The summed E-state index contributed by atoms with van der Waals surface area (Å²) in [5.74, 6) is 0.396. The minimum atomic E-state index is -0.571. The second-order valence-electron chi connectivity index (χ2n) is 9.71. The maximum atomic E-state index is 13.6. The first-order chi connectivity index (χ1) is 17.3. The topological polar surface area (TPSA) is 95.9 Å². The average molecular weight is 496 g/mol. The van der Waals surface area contributed by atoms with Crippen molar-refractivity contribution in [1.29, 1.82) is 0 Å². The molecule has 1 aliphatic carbocycles. The van der Waals surface area contributed by atoms with Crippen LogP contribution in [0.3, 0.4) is 0 Å². The van der Waals surface area contributed by atoms with E-state index in [1.807, 2.05) is 35.9 Å². The quantitative estimate of drug-likeness (QED) is 0.575. The van der Waals surface area contributed by atoms with Gasteiger partial charge >= 0.3 is 0 Å². The zero-order chi connectivity index (χ0) is 25.8. The molecule has 0 bridgehead atoms. The third-order valence-electron chi connectivity index (χ3n) is 7.60. The predicted octanol–water partition coefficient (Wildman–Crippen LogP) is 2.27. The molecule has 2 N–H and O–H groups in total. The van der Waals surface area contributed by atoms with Gasteiger partial charge in [-0.3, -0.25) is 14.4 Å². The van der Waals surface area contributed by atoms with Gasteiger partial charge in [0.2, 0.25) is 5.91 Å². The lowest BCUT2D eigenvalue weighted by molar-refractivity contribution is -0.139. The Bertz CT molecular complexity index is 1140. The van der Waals surface area contributed by atoms with Crippen molar-refractivity contribution < 1.29 is 19.1 Å². The molecule has 9 nitrogen and oxygen atoms in total. The molecule has 0 radical (unpaired) electrons. The number of ether oxygens (including phenoxy) is 1. The Balaban J connectivity index is 1.43. The largest absolute Gasteiger partial charge is 0.497 e. The number of benzene rings is 1. The van der Waals surface area contributed by atoms with E-state index in [-0.39, 0.29) is 29.3 Å². The van der Waals surface area contributed by atoms with Crippen LogP contribution in [0.4, 0.5) is 0 Å². The van der Waals surface area contributed by atoms with E-state index < -0.39 is 6.04 Å². The molecule has 2 aliphatic rings. The molecular formula is C27H37N5O4. The number of nitrogens with one attached hydrogen (secondary N) is 2. The van der Waals surface area contributed by atoms with Crippen LogP contribution in [-0.2, 0) is 16.6 Å².